The topological polar surface area (TPSA) is 120 Å². The highest BCUT2D eigenvalue weighted by Gasteiger charge is 2.30. The Balaban J connectivity index is 1.29. The molecule has 1 aromatic heterocycles. The normalized spacial score (nSPS) is 19.1. The standard InChI is InChI=1S/C25H29N5O2S/c1-15(24(31)29-14-16-6-8-17(9-7-16)23(26)27)30-25(32)20-12-19(10-11-28-20)22-13-18-4-2-3-5-21(18)33-22/h2-9,13,15,19-20,28H,10-12,14H2,1H3,(H3,26,27)(H,29,31)(H,30,32)/t15?,19-,20+/m0/s1. The summed E-state index contributed by atoms with van der Waals surface area (Å²) in [7, 11) is 0. The number of nitrogens with one attached hydrogen (secondary N) is 4. The molecule has 172 valence electrons. The summed E-state index contributed by atoms with van der Waals surface area (Å²) in [5.74, 6) is -0.0422. The highest BCUT2D eigenvalue weighted by Crippen LogP contribution is 2.36. The highest BCUT2D eigenvalue weighted by molar-refractivity contribution is 7.19. The molecule has 2 amide bonds. The average molecular weight is 464 g/mol. The van der Waals surface area contributed by atoms with Crippen LogP contribution >= 0.6 is 11.3 Å². The molecule has 0 spiro atoms. The minimum Gasteiger partial charge on any atom is -0.384 e. The fourth-order valence-corrected chi connectivity index (χ4v) is 5.32. The number of carbonyl (C=O) groups excluding carboxylic acids is 2. The van der Waals surface area contributed by atoms with Crippen molar-refractivity contribution in [1.29, 1.82) is 5.41 Å². The summed E-state index contributed by atoms with van der Waals surface area (Å²) in [6, 6.07) is 16.8. The molecule has 3 aromatic rings. The number of benzene rings is 2. The Morgan fingerprint density at radius 2 is 1.97 bits per heavy atom. The molecule has 2 heterocycles. The maximum absolute atomic E-state index is 12.9. The van der Waals surface area contributed by atoms with Crippen LogP contribution in [0, 0.1) is 5.41 Å². The van der Waals surface area contributed by atoms with Crippen molar-refractivity contribution in [2.45, 2.75) is 44.3 Å². The lowest BCUT2D eigenvalue weighted by Crippen LogP contribution is -2.53. The molecule has 8 heteroatoms. The summed E-state index contributed by atoms with van der Waals surface area (Å²) in [5, 5.41) is 17.7. The van der Waals surface area contributed by atoms with Gasteiger partial charge in [0, 0.05) is 21.7 Å². The minimum atomic E-state index is -0.638. The SMILES string of the molecule is CC(NC(=O)[C@H]1C[C@@H](c2cc3ccccc3s2)CCN1)C(=O)NCc1ccc(C(=N)N)cc1. The van der Waals surface area contributed by atoms with Gasteiger partial charge in [0.1, 0.15) is 11.9 Å². The van der Waals surface area contributed by atoms with Gasteiger partial charge in [-0.3, -0.25) is 15.0 Å². The number of carbonyl (C=O) groups is 2. The Hall–Kier alpha value is -3.23. The summed E-state index contributed by atoms with van der Waals surface area (Å²) in [6.45, 7) is 2.80. The summed E-state index contributed by atoms with van der Waals surface area (Å²) in [5.41, 5.74) is 7.00. The zero-order chi connectivity index (χ0) is 23.4. The second-order valence-electron chi connectivity index (χ2n) is 8.47. The lowest BCUT2D eigenvalue weighted by atomic mass is 9.90. The monoisotopic (exact) mass is 463 g/mol. The Kier molecular flexibility index (Phi) is 7.05. The number of hydrogen-bond donors (Lipinski definition) is 5. The molecule has 1 unspecified atom stereocenters. The zero-order valence-electron chi connectivity index (χ0n) is 18.6. The lowest BCUT2D eigenvalue weighted by Gasteiger charge is -2.29. The lowest BCUT2D eigenvalue weighted by molar-refractivity contribution is -0.130. The van der Waals surface area contributed by atoms with E-state index in [9.17, 15) is 9.59 Å². The van der Waals surface area contributed by atoms with E-state index in [4.69, 9.17) is 11.1 Å². The number of piperidine rings is 1. The van der Waals surface area contributed by atoms with Crippen LogP contribution in [-0.4, -0.2) is 36.3 Å². The number of thiophene rings is 1. The molecule has 7 nitrogen and oxygen atoms in total. The van der Waals surface area contributed by atoms with Gasteiger partial charge in [-0.2, -0.15) is 0 Å². The molecule has 1 aliphatic heterocycles. The third-order valence-corrected chi connectivity index (χ3v) is 7.33. The predicted octanol–water partition coefficient (Wildman–Crippen LogP) is 2.84. The van der Waals surface area contributed by atoms with Gasteiger partial charge in [0.05, 0.1) is 6.04 Å². The van der Waals surface area contributed by atoms with E-state index >= 15 is 0 Å². The van der Waals surface area contributed by atoms with Crippen LogP contribution < -0.4 is 21.7 Å². The first-order chi connectivity index (χ1) is 15.9. The van der Waals surface area contributed by atoms with Gasteiger partial charge in [-0.25, -0.2) is 0 Å². The second kappa shape index (κ2) is 10.1. The summed E-state index contributed by atoms with van der Waals surface area (Å²) >= 11 is 1.80. The van der Waals surface area contributed by atoms with Crippen LogP contribution in [0.25, 0.3) is 10.1 Å². The third-order valence-electron chi connectivity index (χ3n) is 6.05. The van der Waals surface area contributed by atoms with E-state index in [1.165, 1.54) is 15.0 Å². The van der Waals surface area contributed by atoms with Crippen LogP contribution in [-0.2, 0) is 16.1 Å². The first kappa shape index (κ1) is 22.9. The molecule has 0 aliphatic carbocycles. The van der Waals surface area contributed by atoms with Crippen molar-refractivity contribution >= 4 is 39.1 Å². The smallest absolute Gasteiger partial charge is 0.242 e. The number of nitrogen functional groups attached to an aromatic ring is 1. The fourth-order valence-electron chi connectivity index (χ4n) is 4.10. The number of nitrogens with two attached hydrogens (primary N) is 1. The van der Waals surface area contributed by atoms with Crippen LogP contribution in [0.3, 0.4) is 0 Å². The molecule has 33 heavy (non-hydrogen) atoms. The second-order valence-corrected chi connectivity index (χ2v) is 9.59. The number of amides is 2. The van der Waals surface area contributed by atoms with Crippen molar-refractivity contribution in [2.75, 3.05) is 6.54 Å². The summed E-state index contributed by atoms with van der Waals surface area (Å²) < 4.78 is 1.27. The van der Waals surface area contributed by atoms with Crippen molar-refractivity contribution < 1.29 is 9.59 Å². The van der Waals surface area contributed by atoms with Crippen LogP contribution in [0.5, 0.6) is 0 Å². The average Bonchev–Trinajstić information content (AvgIpc) is 3.27. The van der Waals surface area contributed by atoms with Crippen LogP contribution in [0.15, 0.2) is 54.6 Å². The Bertz CT molecular complexity index is 1120. The van der Waals surface area contributed by atoms with Gasteiger partial charge in [-0.05, 0) is 55.3 Å². The Labute approximate surface area is 197 Å². The minimum absolute atomic E-state index is 0.00725. The van der Waals surface area contributed by atoms with Crippen molar-refractivity contribution in [3.05, 3.63) is 70.6 Å². The molecule has 0 saturated carbocycles. The number of amidine groups is 1. The fraction of sp³-hybridized carbons (Fsp3) is 0.320. The highest BCUT2D eigenvalue weighted by atomic mass is 32.1. The summed E-state index contributed by atoms with van der Waals surface area (Å²) in [6.07, 6.45) is 1.71. The van der Waals surface area contributed by atoms with Gasteiger partial charge < -0.3 is 21.7 Å². The van der Waals surface area contributed by atoms with Crippen LogP contribution in [0.4, 0.5) is 0 Å². The number of rotatable bonds is 7. The van der Waals surface area contributed by atoms with Crippen molar-refractivity contribution in [2.24, 2.45) is 5.73 Å². The van der Waals surface area contributed by atoms with E-state index in [0.717, 1.165) is 24.9 Å². The number of fused-ring (bicyclic) bond motifs is 1. The van der Waals surface area contributed by atoms with Crippen molar-refractivity contribution in [1.82, 2.24) is 16.0 Å². The predicted molar refractivity (Wildman–Crippen MR) is 133 cm³/mol. The Morgan fingerprint density at radius 1 is 1.21 bits per heavy atom. The van der Waals surface area contributed by atoms with Crippen LogP contribution in [0.2, 0.25) is 0 Å². The van der Waals surface area contributed by atoms with Gasteiger partial charge in [0.25, 0.3) is 0 Å². The first-order valence-corrected chi connectivity index (χ1v) is 12.0. The van der Waals surface area contributed by atoms with E-state index in [-0.39, 0.29) is 23.7 Å². The van der Waals surface area contributed by atoms with Crippen LogP contribution in [0.1, 0.15) is 41.7 Å². The van der Waals surface area contributed by atoms with E-state index in [1.807, 2.05) is 18.2 Å². The van der Waals surface area contributed by atoms with Gasteiger partial charge in [0.2, 0.25) is 11.8 Å². The Morgan fingerprint density at radius 3 is 2.70 bits per heavy atom. The third kappa shape index (κ3) is 5.58. The number of hydrogen-bond acceptors (Lipinski definition) is 5. The van der Waals surface area contributed by atoms with E-state index in [0.29, 0.717) is 18.0 Å². The zero-order valence-corrected chi connectivity index (χ0v) is 19.4. The molecule has 0 bridgehead atoms. The first-order valence-electron chi connectivity index (χ1n) is 11.1. The molecule has 6 N–H and O–H groups in total. The maximum Gasteiger partial charge on any atom is 0.242 e. The van der Waals surface area contributed by atoms with Gasteiger partial charge in [0.15, 0.2) is 0 Å². The van der Waals surface area contributed by atoms with Gasteiger partial charge in [-0.15, -0.1) is 11.3 Å². The molecular weight excluding hydrogens is 434 g/mol. The summed E-state index contributed by atoms with van der Waals surface area (Å²) in [4.78, 5) is 26.7. The van der Waals surface area contributed by atoms with Crippen molar-refractivity contribution in [3.63, 3.8) is 0 Å². The molecule has 1 aliphatic rings. The molecule has 2 aromatic carbocycles. The van der Waals surface area contributed by atoms with Gasteiger partial charge >= 0.3 is 0 Å². The largest absolute Gasteiger partial charge is 0.384 e. The van der Waals surface area contributed by atoms with Gasteiger partial charge in [-0.1, -0.05) is 42.5 Å². The molecular formula is C25H29N5O2S. The van der Waals surface area contributed by atoms with E-state index < -0.39 is 6.04 Å². The maximum atomic E-state index is 12.9. The molecule has 3 atom stereocenters. The molecule has 4 rings (SSSR count). The molecule has 1 saturated heterocycles. The van der Waals surface area contributed by atoms with E-state index in [1.54, 1.807) is 30.4 Å². The quantitative estimate of drug-likeness (QED) is 0.273. The van der Waals surface area contributed by atoms with Crippen molar-refractivity contribution in [3.8, 4) is 0 Å². The molecule has 0 radical (unpaired) electrons. The molecule has 1 fully saturated rings. The van der Waals surface area contributed by atoms with E-state index in [2.05, 4.69) is 40.2 Å².